The number of hydrogen-bond acceptors (Lipinski definition) is 3. The van der Waals surface area contributed by atoms with Gasteiger partial charge in [0.2, 0.25) is 0 Å². The van der Waals surface area contributed by atoms with Crippen LogP contribution in [0.25, 0.3) is 11.1 Å². The molecule has 0 spiro atoms. The van der Waals surface area contributed by atoms with Gasteiger partial charge in [0.1, 0.15) is 5.60 Å². The summed E-state index contributed by atoms with van der Waals surface area (Å²) in [6.07, 6.45) is -0.437. The number of cyclic esters (lactones) is 1. The van der Waals surface area contributed by atoms with Crippen LogP contribution in [0.5, 0.6) is 0 Å². The first-order valence-corrected chi connectivity index (χ1v) is 7.07. The molecule has 0 bridgehead atoms. The molecular weight excluding hydrogens is 276 g/mol. The van der Waals surface area contributed by atoms with E-state index >= 15 is 0 Å². The van der Waals surface area contributed by atoms with Crippen molar-refractivity contribution in [1.82, 2.24) is 0 Å². The molecule has 1 N–H and O–H groups in total. The zero-order valence-electron chi connectivity index (χ0n) is 12.7. The first kappa shape index (κ1) is 14.2. The van der Waals surface area contributed by atoms with Crippen LogP contribution in [0.2, 0.25) is 0 Å². The Hall–Kier alpha value is -2.80. The van der Waals surface area contributed by atoms with Gasteiger partial charge in [0, 0.05) is 5.56 Å². The van der Waals surface area contributed by atoms with Crippen molar-refractivity contribution in [2.75, 3.05) is 5.32 Å². The van der Waals surface area contributed by atoms with Crippen molar-refractivity contribution in [3.8, 4) is 17.2 Å². The van der Waals surface area contributed by atoms with E-state index in [4.69, 9.17) is 4.74 Å². The third-order valence-electron chi connectivity index (χ3n) is 4.02. The minimum atomic E-state index is -0.686. The highest BCUT2D eigenvalue weighted by molar-refractivity contribution is 5.89. The number of amides is 1. The number of hydrogen-bond donors (Lipinski definition) is 1. The van der Waals surface area contributed by atoms with Gasteiger partial charge in [-0.1, -0.05) is 18.2 Å². The van der Waals surface area contributed by atoms with Gasteiger partial charge in [0.25, 0.3) is 0 Å². The van der Waals surface area contributed by atoms with Crippen LogP contribution in [0.1, 0.15) is 30.5 Å². The van der Waals surface area contributed by atoms with Gasteiger partial charge in [0.05, 0.1) is 17.3 Å². The SMILES string of the molecule is Cc1c(C#N)cccc1-c1ccc2c(c1)C(C)(C)OC(=O)N2. The molecular formula is C18H16N2O2. The number of carbonyl (C=O) groups excluding carboxylic acids is 1. The lowest BCUT2D eigenvalue weighted by atomic mass is 9.89. The lowest BCUT2D eigenvalue weighted by Crippen LogP contribution is -2.34. The molecule has 22 heavy (non-hydrogen) atoms. The highest BCUT2D eigenvalue weighted by Crippen LogP contribution is 2.38. The van der Waals surface area contributed by atoms with E-state index in [1.807, 2.05) is 57.2 Å². The molecule has 0 saturated heterocycles. The van der Waals surface area contributed by atoms with Crippen LogP contribution in [-0.4, -0.2) is 6.09 Å². The zero-order valence-corrected chi connectivity index (χ0v) is 12.7. The molecule has 1 aliphatic rings. The summed E-state index contributed by atoms with van der Waals surface area (Å²) in [5.74, 6) is 0. The van der Waals surface area contributed by atoms with Crippen LogP contribution in [0.4, 0.5) is 10.5 Å². The number of fused-ring (bicyclic) bond motifs is 1. The molecule has 0 unspecified atom stereocenters. The van der Waals surface area contributed by atoms with Crippen molar-refractivity contribution < 1.29 is 9.53 Å². The molecule has 1 heterocycles. The second kappa shape index (κ2) is 4.88. The number of ether oxygens (including phenoxy) is 1. The van der Waals surface area contributed by atoms with E-state index < -0.39 is 11.7 Å². The average molecular weight is 292 g/mol. The molecule has 3 rings (SSSR count). The molecule has 0 saturated carbocycles. The Morgan fingerprint density at radius 2 is 2.00 bits per heavy atom. The second-order valence-corrected chi connectivity index (χ2v) is 5.88. The fourth-order valence-electron chi connectivity index (χ4n) is 2.81. The fourth-order valence-corrected chi connectivity index (χ4v) is 2.81. The van der Waals surface area contributed by atoms with Crippen LogP contribution in [-0.2, 0) is 10.3 Å². The van der Waals surface area contributed by atoms with E-state index in [2.05, 4.69) is 11.4 Å². The summed E-state index contributed by atoms with van der Waals surface area (Å²) in [4.78, 5) is 11.6. The molecule has 2 aromatic rings. The smallest absolute Gasteiger partial charge is 0.412 e. The van der Waals surface area contributed by atoms with Crippen molar-refractivity contribution >= 4 is 11.8 Å². The van der Waals surface area contributed by atoms with Crippen molar-refractivity contribution in [2.45, 2.75) is 26.4 Å². The molecule has 0 radical (unpaired) electrons. The standard InChI is InChI=1S/C18H16N2O2/c1-11-13(10-19)5-4-6-14(11)12-7-8-16-15(9-12)18(2,3)22-17(21)20-16/h4-9H,1-3H3,(H,20,21). The predicted molar refractivity (Wildman–Crippen MR) is 84.5 cm³/mol. The minimum Gasteiger partial charge on any atom is -0.438 e. The van der Waals surface area contributed by atoms with Gasteiger partial charge in [-0.3, -0.25) is 5.32 Å². The normalized spacial score (nSPS) is 15.3. The maximum Gasteiger partial charge on any atom is 0.412 e. The lowest BCUT2D eigenvalue weighted by Gasteiger charge is -2.32. The first-order valence-electron chi connectivity index (χ1n) is 7.07. The molecule has 0 aromatic heterocycles. The molecule has 1 aliphatic heterocycles. The Morgan fingerprint density at radius 3 is 2.73 bits per heavy atom. The zero-order chi connectivity index (χ0) is 15.9. The number of nitrogens with one attached hydrogen (secondary N) is 1. The summed E-state index contributed by atoms with van der Waals surface area (Å²) in [6, 6.07) is 13.7. The molecule has 110 valence electrons. The summed E-state index contributed by atoms with van der Waals surface area (Å²) in [6.45, 7) is 5.68. The average Bonchev–Trinajstić information content (AvgIpc) is 2.46. The second-order valence-electron chi connectivity index (χ2n) is 5.88. The van der Waals surface area contributed by atoms with Gasteiger partial charge in [-0.05, 0) is 55.7 Å². The number of carbonyl (C=O) groups is 1. The van der Waals surface area contributed by atoms with Crippen LogP contribution in [0, 0.1) is 18.3 Å². The van der Waals surface area contributed by atoms with Gasteiger partial charge in [0.15, 0.2) is 0 Å². The Kier molecular flexibility index (Phi) is 3.14. The summed E-state index contributed by atoms with van der Waals surface area (Å²) >= 11 is 0. The summed E-state index contributed by atoms with van der Waals surface area (Å²) in [5.41, 5.74) is 4.62. The molecule has 4 heteroatoms. The van der Waals surface area contributed by atoms with Crippen molar-refractivity contribution in [1.29, 1.82) is 5.26 Å². The largest absolute Gasteiger partial charge is 0.438 e. The first-order chi connectivity index (χ1) is 10.4. The number of rotatable bonds is 1. The summed E-state index contributed by atoms with van der Waals surface area (Å²) < 4.78 is 5.36. The van der Waals surface area contributed by atoms with Crippen molar-refractivity contribution in [3.63, 3.8) is 0 Å². The number of nitriles is 1. The third kappa shape index (κ3) is 2.21. The lowest BCUT2D eigenvalue weighted by molar-refractivity contribution is 0.0421. The highest BCUT2D eigenvalue weighted by Gasteiger charge is 2.33. The van der Waals surface area contributed by atoms with Gasteiger partial charge >= 0.3 is 6.09 Å². The Morgan fingerprint density at radius 1 is 1.23 bits per heavy atom. The van der Waals surface area contributed by atoms with Crippen LogP contribution in [0.3, 0.4) is 0 Å². The molecule has 4 nitrogen and oxygen atoms in total. The van der Waals surface area contributed by atoms with Crippen LogP contribution in [0.15, 0.2) is 36.4 Å². The van der Waals surface area contributed by atoms with Gasteiger partial charge in [-0.15, -0.1) is 0 Å². The Bertz CT molecular complexity index is 816. The van der Waals surface area contributed by atoms with E-state index in [1.54, 1.807) is 0 Å². The topological polar surface area (TPSA) is 62.1 Å². The number of nitrogens with zero attached hydrogens (tertiary/aromatic N) is 1. The molecule has 0 fully saturated rings. The van der Waals surface area contributed by atoms with Crippen molar-refractivity contribution in [3.05, 3.63) is 53.1 Å². The summed E-state index contributed by atoms with van der Waals surface area (Å²) in [5, 5.41) is 11.9. The quantitative estimate of drug-likeness (QED) is 0.850. The monoisotopic (exact) mass is 292 g/mol. The fraction of sp³-hybridized carbons (Fsp3) is 0.222. The van der Waals surface area contributed by atoms with E-state index in [0.29, 0.717) is 5.56 Å². The number of benzene rings is 2. The van der Waals surface area contributed by atoms with E-state index in [9.17, 15) is 10.1 Å². The molecule has 0 atom stereocenters. The van der Waals surface area contributed by atoms with Crippen LogP contribution < -0.4 is 5.32 Å². The maximum absolute atomic E-state index is 11.6. The van der Waals surface area contributed by atoms with Gasteiger partial charge < -0.3 is 4.74 Å². The van der Waals surface area contributed by atoms with Gasteiger partial charge in [-0.2, -0.15) is 5.26 Å². The highest BCUT2D eigenvalue weighted by atomic mass is 16.6. The Balaban J connectivity index is 2.16. The summed E-state index contributed by atoms with van der Waals surface area (Å²) in [7, 11) is 0. The molecule has 1 amide bonds. The van der Waals surface area contributed by atoms with E-state index in [0.717, 1.165) is 27.9 Å². The predicted octanol–water partition coefficient (Wildman–Crippen LogP) is 4.33. The van der Waals surface area contributed by atoms with Crippen molar-refractivity contribution in [2.24, 2.45) is 0 Å². The Labute approximate surface area is 129 Å². The van der Waals surface area contributed by atoms with E-state index in [1.165, 1.54) is 0 Å². The number of anilines is 1. The van der Waals surface area contributed by atoms with E-state index in [-0.39, 0.29) is 0 Å². The van der Waals surface area contributed by atoms with Crippen LogP contribution >= 0.6 is 0 Å². The third-order valence-corrected chi connectivity index (χ3v) is 4.02. The minimum absolute atomic E-state index is 0.437. The molecule has 2 aromatic carbocycles. The maximum atomic E-state index is 11.6. The van der Waals surface area contributed by atoms with Gasteiger partial charge in [-0.25, -0.2) is 4.79 Å². The molecule has 0 aliphatic carbocycles.